The maximum absolute atomic E-state index is 5.98. The Hall–Kier alpha value is -0.900. The number of allylic oxidation sites excluding steroid dienone is 5. The van der Waals surface area contributed by atoms with Crippen molar-refractivity contribution in [3.8, 4) is 0 Å². The van der Waals surface area contributed by atoms with E-state index < -0.39 is 0 Å². The zero-order chi connectivity index (χ0) is 18.4. The summed E-state index contributed by atoms with van der Waals surface area (Å²) in [6.45, 7) is 9.04. The van der Waals surface area contributed by atoms with Crippen LogP contribution in [0, 0.1) is 17.8 Å². The SMILES string of the molecule is COC1OC(OC)C2CC(C(C)CCC=C(C)C)CC(C)=CCC=C12. The molecule has 0 amide bonds. The molecule has 0 N–H and O–H groups in total. The van der Waals surface area contributed by atoms with Crippen LogP contribution in [0.5, 0.6) is 0 Å². The fourth-order valence-corrected chi connectivity index (χ4v) is 4.14. The van der Waals surface area contributed by atoms with Gasteiger partial charge in [0.2, 0.25) is 0 Å². The third-order valence-electron chi connectivity index (χ3n) is 5.67. The van der Waals surface area contributed by atoms with Gasteiger partial charge in [-0.2, -0.15) is 0 Å². The molecule has 1 heterocycles. The Kier molecular flexibility index (Phi) is 7.92. The van der Waals surface area contributed by atoms with Crippen molar-refractivity contribution in [2.45, 2.75) is 72.4 Å². The Balaban J connectivity index is 2.17. The van der Waals surface area contributed by atoms with Crippen LogP contribution in [-0.2, 0) is 14.2 Å². The van der Waals surface area contributed by atoms with E-state index in [1.54, 1.807) is 14.2 Å². The van der Waals surface area contributed by atoms with Crippen LogP contribution in [0.15, 0.2) is 34.9 Å². The number of hydrogen-bond donors (Lipinski definition) is 0. The fraction of sp³-hybridized carbons (Fsp3) is 0.727. The van der Waals surface area contributed by atoms with Crippen molar-refractivity contribution in [3.05, 3.63) is 34.9 Å². The summed E-state index contributed by atoms with van der Waals surface area (Å²) in [6.07, 6.45) is 12.2. The lowest BCUT2D eigenvalue weighted by atomic mass is 9.78. The van der Waals surface area contributed by atoms with Crippen molar-refractivity contribution in [3.63, 3.8) is 0 Å². The quantitative estimate of drug-likeness (QED) is 0.582. The minimum Gasteiger partial charge on any atom is -0.355 e. The van der Waals surface area contributed by atoms with Crippen molar-refractivity contribution in [2.75, 3.05) is 14.2 Å². The number of fused-ring (bicyclic) bond motifs is 1. The van der Waals surface area contributed by atoms with Gasteiger partial charge < -0.3 is 14.2 Å². The molecule has 142 valence electrons. The summed E-state index contributed by atoms with van der Waals surface area (Å²) in [4.78, 5) is 0. The molecule has 2 aliphatic rings. The highest BCUT2D eigenvalue weighted by Gasteiger charge is 2.41. The number of ether oxygens (including phenoxy) is 3. The molecule has 0 radical (unpaired) electrons. The zero-order valence-electron chi connectivity index (χ0n) is 16.9. The first-order chi connectivity index (χ1) is 12.0. The Morgan fingerprint density at radius 3 is 2.68 bits per heavy atom. The summed E-state index contributed by atoms with van der Waals surface area (Å²) in [7, 11) is 3.46. The van der Waals surface area contributed by atoms with Gasteiger partial charge >= 0.3 is 0 Å². The minimum absolute atomic E-state index is 0.193. The average Bonchev–Trinajstić information content (AvgIpc) is 2.93. The molecule has 1 aliphatic carbocycles. The van der Waals surface area contributed by atoms with Gasteiger partial charge in [0.15, 0.2) is 12.6 Å². The molecule has 5 atom stereocenters. The van der Waals surface area contributed by atoms with E-state index in [-0.39, 0.29) is 12.6 Å². The third kappa shape index (κ3) is 5.54. The van der Waals surface area contributed by atoms with Crippen molar-refractivity contribution < 1.29 is 14.2 Å². The van der Waals surface area contributed by atoms with Crippen LogP contribution in [0.1, 0.15) is 59.8 Å². The molecule has 5 unspecified atom stereocenters. The van der Waals surface area contributed by atoms with Gasteiger partial charge in [-0.15, -0.1) is 0 Å². The van der Waals surface area contributed by atoms with Crippen LogP contribution in [0.25, 0.3) is 0 Å². The first-order valence-electron chi connectivity index (χ1n) is 9.66. The number of rotatable bonds is 6. The van der Waals surface area contributed by atoms with Crippen LogP contribution >= 0.6 is 0 Å². The Morgan fingerprint density at radius 1 is 1.28 bits per heavy atom. The van der Waals surface area contributed by atoms with Crippen LogP contribution in [0.3, 0.4) is 0 Å². The molecule has 0 saturated carbocycles. The second-order valence-electron chi connectivity index (χ2n) is 7.94. The normalized spacial score (nSPS) is 31.1. The Labute approximate surface area is 154 Å². The van der Waals surface area contributed by atoms with E-state index in [0.717, 1.165) is 12.8 Å². The summed E-state index contributed by atoms with van der Waals surface area (Å²) in [5, 5.41) is 0. The largest absolute Gasteiger partial charge is 0.355 e. The van der Waals surface area contributed by atoms with E-state index in [1.165, 1.54) is 36.0 Å². The summed E-state index contributed by atoms with van der Waals surface area (Å²) in [5.41, 5.74) is 4.18. The highest BCUT2D eigenvalue weighted by molar-refractivity contribution is 5.19. The molecule has 3 heteroatoms. The molecule has 0 aromatic rings. The molecular formula is C22H36O3. The lowest BCUT2D eigenvalue weighted by molar-refractivity contribution is -0.190. The predicted octanol–water partition coefficient (Wildman–Crippen LogP) is 5.63. The molecule has 0 bridgehead atoms. The van der Waals surface area contributed by atoms with Gasteiger partial charge in [-0.1, -0.05) is 36.3 Å². The first kappa shape index (κ1) is 20.4. The highest BCUT2D eigenvalue weighted by Crippen LogP contribution is 2.42. The van der Waals surface area contributed by atoms with E-state index in [4.69, 9.17) is 14.2 Å². The van der Waals surface area contributed by atoms with Gasteiger partial charge in [0, 0.05) is 20.1 Å². The lowest BCUT2D eigenvalue weighted by Gasteiger charge is -2.28. The molecule has 1 saturated heterocycles. The summed E-state index contributed by atoms with van der Waals surface area (Å²) in [5.74, 6) is 1.62. The molecule has 0 aromatic heterocycles. The van der Waals surface area contributed by atoms with Gasteiger partial charge in [0.25, 0.3) is 0 Å². The topological polar surface area (TPSA) is 27.7 Å². The first-order valence-corrected chi connectivity index (χ1v) is 9.66. The van der Waals surface area contributed by atoms with Crippen LogP contribution in [0.4, 0.5) is 0 Å². The van der Waals surface area contributed by atoms with Gasteiger partial charge in [-0.3, -0.25) is 0 Å². The number of hydrogen-bond acceptors (Lipinski definition) is 3. The van der Waals surface area contributed by atoms with E-state index in [0.29, 0.717) is 17.8 Å². The van der Waals surface area contributed by atoms with E-state index in [2.05, 4.69) is 45.9 Å². The standard InChI is InChI=1S/C22H36O3/c1-15(2)9-7-11-17(4)18-13-16(3)10-8-12-19-20(14-18)22(24-6)25-21(19)23-5/h9-10,12,17-18,20-22H,7-8,11,13-14H2,1-6H3. The zero-order valence-corrected chi connectivity index (χ0v) is 16.9. The van der Waals surface area contributed by atoms with Crippen LogP contribution in [-0.4, -0.2) is 26.8 Å². The molecule has 2 rings (SSSR count). The van der Waals surface area contributed by atoms with Crippen molar-refractivity contribution in [2.24, 2.45) is 17.8 Å². The van der Waals surface area contributed by atoms with E-state index in [1.807, 2.05) is 0 Å². The van der Waals surface area contributed by atoms with Gasteiger partial charge in [0.05, 0.1) is 0 Å². The van der Waals surface area contributed by atoms with Crippen LogP contribution in [0.2, 0.25) is 0 Å². The van der Waals surface area contributed by atoms with Crippen molar-refractivity contribution in [1.29, 1.82) is 0 Å². The maximum Gasteiger partial charge on any atom is 0.182 e. The monoisotopic (exact) mass is 348 g/mol. The summed E-state index contributed by atoms with van der Waals surface area (Å²) in [6, 6.07) is 0. The Morgan fingerprint density at radius 2 is 2.04 bits per heavy atom. The maximum atomic E-state index is 5.98. The molecule has 3 nitrogen and oxygen atoms in total. The predicted molar refractivity (Wildman–Crippen MR) is 103 cm³/mol. The summed E-state index contributed by atoms with van der Waals surface area (Å²) >= 11 is 0. The fourth-order valence-electron chi connectivity index (χ4n) is 4.14. The number of methoxy groups -OCH3 is 2. The van der Waals surface area contributed by atoms with E-state index >= 15 is 0 Å². The van der Waals surface area contributed by atoms with Crippen molar-refractivity contribution in [1.82, 2.24) is 0 Å². The van der Waals surface area contributed by atoms with Gasteiger partial charge in [-0.25, -0.2) is 0 Å². The minimum atomic E-state index is -0.261. The van der Waals surface area contributed by atoms with Gasteiger partial charge in [-0.05, 0) is 70.3 Å². The molecule has 1 fully saturated rings. The molecule has 25 heavy (non-hydrogen) atoms. The average molecular weight is 349 g/mol. The van der Waals surface area contributed by atoms with Crippen molar-refractivity contribution >= 4 is 0 Å². The highest BCUT2D eigenvalue weighted by atomic mass is 16.8. The van der Waals surface area contributed by atoms with Crippen LogP contribution < -0.4 is 0 Å². The molecule has 0 spiro atoms. The molecule has 0 aromatic carbocycles. The van der Waals surface area contributed by atoms with Gasteiger partial charge in [0.1, 0.15) is 0 Å². The molecule has 1 aliphatic heterocycles. The molecular weight excluding hydrogens is 312 g/mol. The second kappa shape index (κ2) is 9.70. The van der Waals surface area contributed by atoms with E-state index in [9.17, 15) is 0 Å². The smallest absolute Gasteiger partial charge is 0.182 e. The Bertz CT molecular complexity index is 513. The lowest BCUT2D eigenvalue weighted by Crippen LogP contribution is -2.24. The summed E-state index contributed by atoms with van der Waals surface area (Å²) < 4.78 is 17.2. The second-order valence-corrected chi connectivity index (χ2v) is 7.94. The third-order valence-corrected chi connectivity index (χ3v) is 5.67.